The van der Waals surface area contributed by atoms with Crippen LogP contribution in [0.1, 0.15) is 22.5 Å². The van der Waals surface area contributed by atoms with Gasteiger partial charge < -0.3 is 9.84 Å². The molecule has 1 unspecified atom stereocenters. The molecule has 1 heterocycles. The second kappa shape index (κ2) is 7.57. The monoisotopic (exact) mass is 318 g/mol. The van der Waals surface area contributed by atoms with E-state index in [4.69, 9.17) is 4.74 Å². The van der Waals surface area contributed by atoms with E-state index in [2.05, 4.69) is 23.1 Å². The maximum Gasteiger partial charge on any atom is 0.140 e. The average Bonchev–Trinajstić information content (AvgIpc) is 2.88. The predicted octanol–water partition coefficient (Wildman–Crippen LogP) is 1.61. The summed E-state index contributed by atoms with van der Waals surface area (Å²) in [6.07, 6.45) is 0.971. The molecule has 0 spiro atoms. The second-order valence-electron chi connectivity index (χ2n) is 6.11. The van der Waals surface area contributed by atoms with Crippen molar-refractivity contribution in [2.75, 3.05) is 20.2 Å². The molecule has 0 aliphatic carbocycles. The van der Waals surface area contributed by atoms with Crippen molar-refractivity contribution in [2.45, 2.75) is 33.4 Å². The molecule has 1 aromatic carbocycles. The normalized spacial score (nSPS) is 12.7. The lowest BCUT2D eigenvalue weighted by atomic mass is 10.1. The summed E-state index contributed by atoms with van der Waals surface area (Å²) in [6.45, 7) is 7.55. The van der Waals surface area contributed by atoms with Crippen LogP contribution in [0.2, 0.25) is 0 Å². The fourth-order valence-corrected chi connectivity index (χ4v) is 2.51. The van der Waals surface area contributed by atoms with Gasteiger partial charge in [-0.25, -0.2) is 4.98 Å². The lowest BCUT2D eigenvalue weighted by Crippen LogP contribution is -2.33. The number of rotatable bonds is 7. The molecule has 0 saturated carbocycles. The van der Waals surface area contributed by atoms with E-state index in [1.165, 1.54) is 11.9 Å². The third-order valence-electron chi connectivity index (χ3n) is 4.03. The minimum absolute atomic E-state index is 0.272. The van der Waals surface area contributed by atoms with Crippen LogP contribution in [0, 0.1) is 20.8 Å². The highest BCUT2D eigenvalue weighted by molar-refractivity contribution is 5.44. The fraction of sp³-hybridized carbons (Fsp3) is 0.529. The van der Waals surface area contributed by atoms with Gasteiger partial charge in [-0.15, -0.1) is 0 Å². The third kappa shape index (κ3) is 4.53. The highest BCUT2D eigenvalue weighted by Gasteiger charge is 2.13. The van der Waals surface area contributed by atoms with E-state index in [0.717, 1.165) is 22.7 Å². The lowest BCUT2D eigenvalue weighted by molar-refractivity contribution is 0.0728. The Morgan fingerprint density at radius 1 is 1.26 bits per heavy atom. The van der Waals surface area contributed by atoms with Crippen LogP contribution < -0.4 is 4.74 Å². The molecule has 0 amide bonds. The molecule has 0 aliphatic rings. The zero-order chi connectivity index (χ0) is 17.0. The topological polar surface area (TPSA) is 63.4 Å². The van der Waals surface area contributed by atoms with Gasteiger partial charge in [-0.2, -0.15) is 5.10 Å². The minimum Gasteiger partial charge on any atom is -0.490 e. The Labute approximate surface area is 137 Å². The molecule has 126 valence electrons. The standard InChI is InChI=1S/C17H26N4O2/c1-12-6-7-13(2)17(14(12)3)23-10-15(22)8-20(4)9-16-18-11-19-21(16)5/h6-7,11,15,22H,8-10H2,1-5H3. The third-order valence-corrected chi connectivity index (χ3v) is 4.03. The number of benzene rings is 1. The van der Waals surface area contributed by atoms with Crippen LogP contribution in [0.5, 0.6) is 5.75 Å². The first-order chi connectivity index (χ1) is 10.9. The quantitative estimate of drug-likeness (QED) is 0.840. The Bertz CT molecular complexity index is 654. The zero-order valence-corrected chi connectivity index (χ0v) is 14.6. The van der Waals surface area contributed by atoms with E-state index < -0.39 is 6.10 Å². The van der Waals surface area contributed by atoms with Gasteiger partial charge in [0.15, 0.2) is 0 Å². The number of ether oxygens (including phenoxy) is 1. The van der Waals surface area contributed by atoms with Gasteiger partial charge in [0, 0.05) is 13.6 Å². The van der Waals surface area contributed by atoms with E-state index >= 15 is 0 Å². The maximum atomic E-state index is 10.2. The molecule has 6 nitrogen and oxygen atoms in total. The molecule has 2 rings (SSSR count). The molecule has 2 aromatic rings. The molecule has 6 heteroatoms. The van der Waals surface area contributed by atoms with Gasteiger partial charge in [0.1, 0.15) is 30.6 Å². The number of aromatic nitrogens is 3. The molecule has 23 heavy (non-hydrogen) atoms. The van der Waals surface area contributed by atoms with Gasteiger partial charge in [-0.05, 0) is 44.5 Å². The van der Waals surface area contributed by atoms with Gasteiger partial charge in [0.2, 0.25) is 0 Å². The van der Waals surface area contributed by atoms with Crippen LogP contribution in [-0.2, 0) is 13.6 Å². The highest BCUT2D eigenvalue weighted by Crippen LogP contribution is 2.25. The number of hydrogen-bond acceptors (Lipinski definition) is 5. The van der Waals surface area contributed by atoms with Crippen molar-refractivity contribution < 1.29 is 9.84 Å². The van der Waals surface area contributed by atoms with E-state index in [0.29, 0.717) is 13.1 Å². The van der Waals surface area contributed by atoms with E-state index in [-0.39, 0.29) is 6.61 Å². The molecule has 1 atom stereocenters. The number of aryl methyl sites for hydroxylation is 3. The van der Waals surface area contributed by atoms with E-state index in [1.54, 1.807) is 4.68 Å². The number of nitrogens with zero attached hydrogens (tertiary/aromatic N) is 4. The molecule has 1 N–H and O–H groups in total. The number of likely N-dealkylation sites (N-methyl/N-ethyl adjacent to an activating group) is 1. The first kappa shape index (κ1) is 17.4. The van der Waals surface area contributed by atoms with Crippen molar-refractivity contribution in [3.63, 3.8) is 0 Å². The summed E-state index contributed by atoms with van der Waals surface area (Å²) in [6, 6.07) is 4.13. The molecular weight excluding hydrogens is 292 g/mol. The smallest absolute Gasteiger partial charge is 0.140 e. The largest absolute Gasteiger partial charge is 0.490 e. The van der Waals surface area contributed by atoms with Crippen LogP contribution >= 0.6 is 0 Å². The summed E-state index contributed by atoms with van der Waals surface area (Å²) in [5.41, 5.74) is 3.41. The predicted molar refractivity (Wildman–Crippen MR) is 89.5 cm³/mol. The summed E-state index contributed by atoms with van der Waals surface area (Å²) in [7, 11) is 3.81. The van der Waals surface area contributed by atoms with Gasteiger partial charge in [0.25, 0.3) is 0 Å². The van der Waals surface area contributed by atoms with Crippen LogP contribution in [0.25, 0.3) is 0 Å². The van der Waals surface area contributed by atoms with Crippen molar-refractivity contribution in [1.29, 1.82) is 0 Å². The molecular formula is C17H26N4O2. The molecule has 0 fully saturated rings. The Balaban J connectivity index is 1.87. The van der Waals surface area contributed by atoms with Crippen LogP contribution in [0.3, 0.4) is 0 Å². The zero-order valence-electron chi connectivity index (χ0n) is 14.6. The van der Waals surface area contributed by atoms with Gasteiger partial charge in [0.05, 0.1) is 6.54 Å². The second-order valence-corrected chi connectivity index (χ2v) is 6.11. The highest BCUT2D eigenvalue weighted by atomic mass is 16.5. The average molecular weight is 318 g/mol. The Hall–Kier alpha value is -1.92. The van der Waals surface area contributed by atoms with Crippen LogP contribution in [0.15, 0.2) is 18.5 Å². The van der Waals surface area contributed by atoms with Crippen molar-refractivity contribution in [3.8, 4) is 5.75 Å². The minimum atomic E-state index is -0.562. The Kier molecular flexibility index (Phi) is 5.74. The van der Waals surface area contributed by atoms with E-state index in [1.807, 2.05) is 38.9 Å². The van der Waals surface area contributed by atoms with Crippen molar-refractivity contribution >= 4 is 0 Å². The summed E-state index contributed by atoms with van der Waals surface area (Å²) in [5.74, 6) is 1.74. The van der Waals surface area contributed by atoms with Gasteiger partial charge in [-0.3, -0.25) is 9.58 Å². The molecule has 0 saturated heterocycles. The molecule has 0 bridgehead atoms. The lowest BCUT2D eigenvalue weighted by Gasteiger charge is -2.21. The molecule has 0 aliphatic heterocycles. The van der Waals surface area contributed by atoms with Crippen LogP contribution in [0.4, 0.5) is 0 Å². The SMILES string of the molecule is Cc1ccc(C)c(OCC(O)CN(C)Cc2ncnn2C)c1C. The van der Waals surface area contributed by atoms with Crippen molar-refractivity contribution in [3.05, 3.63) is 41.0 Å². The molecule has 1 aromatic heterocycles. The van der Waals surface area contributed by atoms with Crippen molar-refractivity contribution in [1.82, 2.24) is 19.7 Å². The van der Waals surface area contributed by atoms with E-state index in [9.17, 15) is 5.11 Å². The first-order valence-electron chi connectivity index (χ1n) is 7.77. The van der Waals surface area contributed by atoms with Crippen molar-refractivity contribution in [2.24, 2.45) is 7.05 Å². The summed E-state index contributed by atoms with van der Waals surface area (Å²) in [5, 5.41) is 14.3. The number of aliphatic hydroxyl groups excluding tert-OH is 1. The summed E-state index contributed by atoms with van der Waals surface area (Å²) < 4.78 is 7.60. The summed E-state index contributed by atoms with van der Waals surface area (Å²) in [4.78, 5) is 6.19. The van der Waals surface area contributed by atoms with Gasteiger partial charge in [-0.1, -0.05) is 12.1 Å². The maximum absolute atomic E-state index is 10.2. The fourth-order valence-electron chi connectivity index (χ4n) is 2.51. The first-order valence-corrected chi connectivity index (χ1v) is 7.77. The van der Waals surface area contributed by atoms with Crippen LogP contribution in [-0.4, -0.2) is 51.1 Å². The number of aliphatic hydroxyl groups is 1. The number of hydrogen-bond donors (Lipinski definition) is 1. The Morgan fingerprint density at radius 3 is 2.61 bits per heavy atom. The van der Waals surface area contributed by atoms with Gasteiger partial charge >= 0.3 is 0 Å². The molecule has 0 radical (unpaired) electrons. The summed E-state index contributed by atoms with van der Waals surface area (Å²) >= 11 is 0. The Morgan fingerprint density at radius 2 is 1.96 bits per heavy atom.